The Morgan fingerprint density at radius 2 is 1.79 bits per heavy atom. The summed E-state index contributed by atoms with van der Waals surface area (Å²) >= 11 is 0. The second kappa shape index (κ2) is 5.59. The van der Waals surface area contributed by atoms with E-state index in [1.54, 1.807) is 6.08 Å². The standard InChI is InChI=1S/C17H13F3O4/c18-17(19,20)10-4-1-8(2-5-10)14(22)11-7-9-3-6-12(21)16(24)13(9)15(11)23/h1-5,11-12,21,24H,6-7H2. The number of fused-ring (bicyclic) bond motifs is 1. The number of hydrogen-bond acceptors (Lipinski definition) is 4. The van der Waals surface area contributed by atoms with Gasteiger partial charge in [0.05, 0.1) is 17.1 Å². The van der Waals surface area contributed by atoms with E-state index in [9.17, 15) is 33.0 Å². The highest BCUT2D eigenvalue weighted by molar-refractivity contribution is 6.20. The normalized spacial score (nSPS) is 24.0. The first-order valence-electron chi connectivity index (χ1n) is 7.26. The average Bonchev–Trinajstić information content (AvgIpc) is 2.87. The molecule has 24 heavy (non-hydrogen) atoms. The fourth-order valence-corrected chi connectivity index (χ4v) is 2.99. The Hall–Kier alpha value is -2.41. The molecule has 2 atom stereocenters. The van der Waals surface area contributed by atoms with Crippen LogP contribution in [-0.4, -0.2) is 27.9 Å². The Bertz CT molecular complexity index is 772. The molecule has 0 amide bonds. The number of carbonyl (C=O) groups is 2. The molecule has 0 bridgehead atoms. The van der Waals surface area contributed by atoms with Crippen molar-refractivity contribution in [2.24, 2.45) is 5.92 Å². The van der Waals surface area contributed by atoms with Gasteiger partial charge in [-0.05, 0) is 30.5 Å². The van der Waals surface area contributed by atoms with E-state index in [0.717, 1.165) is 24.3 Å². The summed E-state index contributed by atoms with van der Waals surface area (Å²) in [6.07, 6.45) is -3.86. The van der Waals surface area contributed by atoms with Crippen LogP contribution in [0.15, 0.2) is 47.2 Å². The molecule has 0 heterocycles. The number of ketones is 2. The minimum atomic E-state index is -4.50. The first-order chi connectivity index (χ1) is 11.2. The van der Waals surface area contributed by atoms with Crippen LogP contribution in [0.25, 0.3) is 0 Å². The van der Waals surface area contributed by atoms with Crippen molar-refractivity contribution in [1.82, 2.24) is 0 Å². The Labute approximate surface area is 134 Å². The molecule has 1 aromatic carbocycles. The molecule has 1 aromatic rings. The molecule has 0 aliphatic heterocycles. The first-order valence-corrected chi connectivity index (χ1v) is 7.26. The monoisotopic (exact) mass is 338 g/mol. The van der Waals surface area contributed by atoms with E-state index >= 15 is 0 Å². The van der Waals surface area contributed by atoms with E-state index in [-0.39, 0.29) is 24.0 Å². The van der Waals surface area contributed by atoms with Crippen molar-refractivity contribution in [3.8, 4) is 0 Å². The SMILES string of the molecule is O=C1C2=C(O)C(O)CC=C2CC1C(=O)c1ccc(C(F)(F)F)cc1. The van der Waals surface area contributed by atoms with Crippen LogP contribution >= 0.6 is 0 Å². The zero-order valence-corrected chi connectivity index (χ0v) is 12.3. The van der Waals surface area contributed by atoms with Crippen molar-refractivity contribution in [2.45, 2.75) is 25.1 Å². The summed E-state index contributed by atoms with van der Waals surface area (Å²) in [6.45, 7) is 0. The largest absolute Gasteiger partial charge is 0.509 e. The summed E-state index contributed by atoms with van der Waals surface area (Å²) in [5, 5.41) is 19.4. The third-order valence-corrected chi connectivity index (χ3v) is 4.28. The average molecular weight is 338 g/mol. The summed E-state index contributed by atoms with van der Waals surface area (Å²) in [4.78, 5) is 24.8. The predicted molar refractivity (Wildman–Crippen MR) is 77.3 cm³/mol. The van der Waals surface area contributed by atoms with Crippen LogP contribution < -0.4 is 0 Å². The number of hydrogen-bond donors (Lipinski definition) is 2. The zero-order valence-electron chi connectivity index (χ0n) is 12.3. The lowest BCUT2D eigenvalue weighted by atomic mass is 9.94. The van der Waals surface area contributed by atoms with E-state index in [0.29, 0.717) is 5.57 Å². The number of alkyl halides is 3. The molecular weight excluding hydrogens is 325 g/mol. The summed E-state index contributed by atoms with van der Waals surface area (Å²) in [6, 6.07) is 3.66. The quantitative estimate of drug-likeness (QED) is 0.642. The maximum Gasteiger partial charge on any atom is 0.416 e. The van der Waals surface area contributed by atoms with Crippen LogP contribution in [0.1, 0.15) is 28.8 Å². The molecule has 0 aromatic heterocycles. The van der Waals surface area contributed by atoms with Gasteiger partial charge in [-0.1, -0.05) is 18.2 Å². The summed E-state index contributed by atoms with van der Waals surface area (Å²) in [7, 11) is 0. The third-order valence-electron chi connectivity index (χ3n) is 4.28. The minimum Gasteiger partial charge on any atom is -0.509 e. The van der Waals surface area contributed by atoms with Gasteiger partial charge in [0.25, 0.3) is 0 Å². The molecule has 1 saturated carbocycles. The molecule has 2 N–H and O–H groups in total. The summed E-state index contributed by atoms with van der Waals surface area (Å²) in [5.74, 6) is -2.74. The lowest BCUT2D eigenvalue weighted by Gasteiger charge is -2.15. The number of allylic oxidation sites excluding steroid dienone is 2. The van der Waals surface area contributed by atoms with E-state index in [4.69, 9.17) is 0 Å². The van der Waals surface area contributed by atoms with Crippen LogP contribution in [0.3, 0.4) is 0 Å². The number of rotatable bonds is 2. The molecule has 2 unspecified atom stereocenters. The second-order valence-electron chi connectivity index (χ2n) is 5.80. The van der Waals surface area contributed by atoms with Crippen molar-refractivity contribution in [3.05, 3.63) is 58.4 Å². The van der Waals surface area contributed by atoms with Crippen LogP contribution in [0.5, 0.6) is 0 Å². The molecule has 2 aliphatic rings. The van der Waals surface area contributed by atoms with Crippen LogP contribution in [0.4, 0.5) is 13.2 Å². The minimum absolute atomic E-state index is 0.00114. The lowest BCUT2D eigenvalue weighted by Crippen LogP contribution is -2.22. The van der Waals surface area contributed by atoms with Crippen LogP contribution in [0.2, 0.25) is 0 Å². The van der Waals surface area contributed by atoms with Crippen LogP contribution in [0, 0.1) is 5.92 Å². The van der Waals surface area contributed by atoms with Gasteiger partial charge in [-0.3, -0.25) is 9.59 Å². The number of aliphatic hydroxyl groups excluding tert-OH is 2. The molecule has 3 rings (SSSR count). The maximum absolute atomic E-state index is 12.6. The Morgan fingerprint density at radius 1 is 1.17 bits per heavy atom. The van der Waals surface area contributed by atoms with Gasteiger partial charge in [-0.25, -0.2) is 0 Å². The van der Waals surface area contributed by atoms with Crippen molar-refractivity contribution < 1.29 is 33.0 Å². The zero-order chi connectivity index (χ0) is 17.6. The van der Waals surface area contributed by atoms with Gasteiger partial charge in [0.2, 0.25) is 0 Å². The molecular formula is C17H13F3O4. The third kappa shape index (κ3) is 2.65. The van der Waals surface area contributed by atoms with Gasteiger partial charge >= 0.3 is 6.18 Å². The van der Waals surface area contributed by atoms with Gasteiger partial charge in [-0.2, -0.15) is 13.2 Å². The Kier molecular flexibility index (Phi) is 3.83. The maximum atomic E-state index is 12.6. The molecule has 0 saturated heterocycles. The number of benzene rings is 1. The van der Waals surface area contributed by atoms with Crippen molar-refractivity contribution in [3.63, 3.8) is 0 Å². The van der Waals surface area contributed by atoms with Gasteiger partial charge in [0.15, 0.2) is 11.6 Å². The smallest absolute Gasteiger partial charge is 0.416 e. The van der Waals surface area contributed by atoms with E-state index in [1.807, 2.05) is 0 Å². The highest BCUT2D eigenvalue weighted by atomic mass is 19.4. The Balaban J connectivity index is 1.88. The van der Waals surface area contributed by atoms with Crippen LogP contribution in [-0.2, 0) is 11.0 Å². The van der Waals surface area contributed by atoms with Gasteiger partial charge in [0, 0.05) is 5.56 Å². The van der Waals surface area contributed by atoms with E-state index < -0.39 is 41.1 Å². The number of carbonyl (C=O) groups excluding carboxylic acids is 2. The molecule has 2 aliphatic carbocycles. The van der Waals surface area contributed by atoms with Crippen molar-refractivity contribution in [2.75, 3.05) is 0 Å². The summed E-state index contributed by atoms with van der Waals surface area (Å²) < 4.78 is 37.7. The molecule has 1 fully saturated rings. The summed E-state index contributed by atoms with van der Waals surface area (Å²) in [5.41, 5.74) is -0.426. The van der Waals surface area contributed by atoms with Crippen molar-refractivity contribution in [1.29, 1.82) is 0 Å². The lowest BCUT2D eigenvalue weighted by molar-refractivity contribution is -0.137. The fraction of sp³-hybridized carbons (Fsp3) is 0.294. The molecule has 0 radical (unpaired) electrons. The van der Waals surface area contributed by atoms with Gasteiger partial charge in [0.1, 0.15) is 11.9 Å². The highest BCUT2D eigenvalue weighted by Crippen LogP contribution is 2.39. The van der Waals surface area contributed by atoms with Gasteiger partial charge in [-0.15, -0.1) is 0 Å². The Morgan fingerprint density at radius 3 is 2.38 bits per heavy atom. The fourth-order valence-electron chi connectivity index (χ4n) is 2.99. The second-order valence-corrected chi connectivity index (χ2v) is 5.80. The number of aliphatic hydroxyl groups is 2. The number of halogens is 3. The highest BCUT2D eigenvalue weighted by Gasteiger charge is 2.42. The topological polar surface area (TPSA) is 74.6 Å². The van der Waals surface area contributed by atoms with Gasteiger partial charge < -0.3 is 10.2 Å². The molecule has 7 heteroatoms. The number of Topliss-reactive ketones (excluding diaryl/α,β-unsaturated/α-hetero) is 2. The molecule has 4 nitrogen and oxygen atoms in total. The van der Waals surface area contributed by atoms with E-state index in [2.05, 4.69) is 0 Å². The van der Waals surface area contributed by atoms with E-state index in [1.165, 1.54) is 0 Å². The first kappa shape index (κ1) is 16.4. The molecule has 126 valence electrons. The predicted octanol–water partition coefficient (Wildman–Crippen LogP) is 2.98. The van der Waals surface area contributed by atoms with Crippen molar-refractivity contribution >= 4 is 11.6 Å². The molecule has 0 spiro atoms.